The van der Waals surface area contributed by atoms with Crippen LogP contribution in [0.5, 0.6) is 5.88 Å². The monoisotopic (exact) mass is 651 g/mol. The number of benzene rings is 1. The van der Waals surface area contributed by atoms with Gasteiger partial charge in [0.05, 0.1) is 39.0 Å². The predicted molar refractivity (Wildman–Crippen MR) is 152 cm³/mol. The molecule has 1 saturated carbocycles. The molecule has 0 unspecified atom stereocenters. The largest absolute Gasteiger partial charge is 0.471 e. The third kappa shape index (κ3) is 9.50. The van der Waals surface area contributed by atoms with Gasteiger partial charge in [-0.15, -0.1) is 0 Å². The van der Waals surface area contributed by atoms with Crippen molar-refractivity contribution in [3.8, 4) is 5.88 Å². The van der Waals surface area contributed by atoms with Crippen LogP contribution in [0.15, 0.2) is 24.4 Å². The number of rotatable bonds is 10. The molecule has 1 aromatic heterocycles. The Balaban J connectivity index is 1.80. The van der Waals surface area contributed by atoms with Gasteiger partial charge in [-0.25, -0.2) is 13.8 Å². The smallest absolute Gasteiger partial charge is 0.391 e. The second-order valence-corrected chi connectivity index (χ2v) is 12.2. The standard InChI is InChI=1S/C29H32Cl2F5N3O4/c1-28(2,3)27(42)38-12-16-6-9-20(30)23(24(16)31)25(41)39-18-11-19(26(37-13-18)43-14-22(32)33)21(40)10-15-4-7-17(8-5-15)29(34,35)36/h6,9,11,13,15,17,22H,4-5,7-8,10,12,14H2,1-3H3,(H,38,42)(H,39,41). The fourth-order valence-corrected chi connectivity index (χ4v) is 5.23. The van der Waals surface area contributed by atoms with Crippen LogP contribution in [0.4, 0.5) is 27.6 Å². The first-order valence-electron chi connectivity index (χ1n) is 13.5. The van der Waals surface area contributed by atoms with Gasteiger partial charge in [0.1, 0.15) is 0 Å². The molecule has 0 spiro atoms. The number of Topliss-reactive ketones (excluding diaryl/α,β-unsaturated/α-hetero) is 1. The van der Waals surface area contributed by atoms with Gasteiger partial charge in [0.2, 0.25) is 11.8 Å². The number of nitrogens with one attached hydrogen (secondary N) is 2. The first-order chi connectivity index (χ1) is 20.0. The predicted octanol–water partition coefficient (Wildman–Crippen LogP) is 7.89. The van der Waals surface area contributed by atoms with Crippen molar-refractivity contribution in [2.45, 2.75) is 72.0 Å². The molecule has 3 rings (SSSR count). The number of carbonyl (C=O) groups excluding carboxylic acids is 3. The zero-order valence-electron chi connectivity index (χ0n) is 23.7. The van der Waals surface area contributed by atoms with E-state index in [1.54, 1.807) is 26.8 Å². The minimum absolute atomic E-state index is 0.00269. The Hall–Kier alpha value is -2.99. The molecule has 0 aliphatic heterocycles. The zero-order chi connectivity index (χ0) is 32.1. The van der Waals surface area contributed by atoms with Crippen molar-refractivity contribution in [2.24, 2.45) is 17.3 Å². The average Bonchev–Trinajstić information content (AvgIpc) is 2.91. The molecule has 236 valence electrons. The molecule has 1 fully saturated rings. The van der Waals surface area contributed by atoms with E-state index >= 15 is 0 Å². The number of nitrogens with zero attached hydrogens (tertiary/aromatic N) is 1. The van der Waals surface area contributed by atoms with Crippen LogP contribution >= 0.6 is 23.2 Å². The second kappa shape index (κ2) is 14.2. The summed E-state index contributed by atoms with van der Waals surface area (Å²) in [6.07, 6.45) is -6.06. The van der Waals surface area contributed by atoms with E-state index in [9.17, 15) is 36.3 Å². The van der Waals surface area contributed by atoms with E-state index in [4.69, 9.17) is 27.9 Å². The van der Waals surface area contributed by atoms with E-state index in [-0.39, 0.29) is 83.2 Å². The summed E-state index contributed by atoms with van der Waals surface area (Å²) in [4.78, 5) is 42.6. The van der Waals surface area contributed by atoms with Gasteiger partial charge in [0, 0.05) is 18.4 Å². The highest BCUT2D eigenvalue weighted by atomic mass is 35.5. The molecule has 2 amide bonds. The quantitative estimate of drug-likeness (QED) is 0.201. The molecule has 2 aromatic rings. The third-order valence-electron chi connectivity index (χ3n) is 7.06. The molecule has 0 radical (unpaired) electrons. The molecule has 1 heterocycles. The van der Waals surface area contributed by atoms with Gasteiger partial charge in [-0.05, 0) is 49.3 Å². The Labute approximate surface area is 255 Å². The molecular formula is C29H32Cl2F5N3O4. The van der Waals surface area contributed by atoms with Crippen LogP contribution in [-0.4, -0.2) is 41.8 Å². The maximum atomic E-state index is 13.2. The maximum absolute atomic E-state index is 13.2. The van der Waals surface area contributed by atoms with Gasteiger partial charge in [-0.2, -0.15) is 13.2 Å². The van der Waals surface area contributed by atoms with Gasteiger partial charge < -0.3 is 15.4 Å². The lowest BCUT2D eigenvalue weighted by Gasteiger charge is -2.29. The highest BCUT2D eigenvalue weighted by Gasteiger charge is 2.41. The van der Waals surface area contributed by atoms with Crippen LogP contribution < -0.4 is 15.4 Å². The fraction of sp³-hybridized carbons (Fsp3) is 0.517. The Bertz CT molecular complexity index is 1340. The van der Waals surface area contributed by atoms with Crippen LogP contribution in [0, 0.1) is 17.3 Å². The zero-order valence-corrected chi connectivity index (χ0v) is 25.2. The van der Waals surface area contributed by atoms with Crippen molar-refractivity contribution in [1.29, 1.82) is 0 Å². The molecule has 2 N–H and O–H groups in total. The summed E-state index contributed by atoms with van der Waals surface area (Å²) in [5.41, 5.74) is -0.559. The number of ketones is 1. The average molecular weight is 652 g/mol. The number of hydrogen-bond donors (Lipinski definition) is 2. The summed E-state index contributed by atoms with van der Waals surface area (Å²) < 4.78 is 69.8. The minimum Gasteiger partial charge on any atom is -0.471 e. The number of halogens is 7. The summed E-state index contributed by atoms with van der Waals surface area (Å²) in [6, 6.07) is 4.19. The van der Waals surface area contributed by atoms with E-state index < -0.39 is 42.2 Å². The van der Waals surface area contributed by atoms with Crippen LogP contribution in [0.1, 0.15) is 79.2 Å². The van der Waals surface area contributed by atoms with Crippen LogP contribution in [0.25, 0.3) is 0 Å². The number of aromatic nitrogens is 1. The van der Waals surface area contributed by atoms with Gasteiger partial charge in [-0.3, -0.25) is 14.4 Å². The van der Waals surface area contributed by atoms with Gasteiger partial charge in [0.15, 0.2) is 12.4 Å². The van der Waals surface area contributed by atoms with E-state index in [2.05, 4.69) is 15.6 Å². The number of anilines is 1. The number of ether oxygens (including phenoxy) is 1. The summed E-state index contributed by atoms with van der Waals surface area (Å²) in [7, 11) is 0. The van der Waals surface area contributed by atoms with Crippen molar-refractivity contribution in [3.05, 3.63) is 51.1 Å². The molecule has 43 heavy (non-hydrogen) atoms. The lowest BCUT2D eigenvalue weighted by Crippen LogP contribution is -2.34. The number of amides is 2. The van der Waals surface area contributed by atoms with Crippen molar-refractivity contribution in [3.63, 3.8) is 0 Å². The Morgan fingerprint density at radius 3 is 2.30 bits per heavy atom. The van der Waals surface area contributed by atoms with Crippen molar-refractivity contribution in [1.82, 2.24) is 10.3 Å². The van der Waals surface area contributed by atoms with Crippen molar-refractivity contribution < 1.29 is 41.1 Å². The molecule has 0 bridgehead atoms. The lowest BCUT2D eigenvalue weighted by atomic mass is 9.79. The van der Waals surface area contributed by atoms with Gasteiger partial charge in [0.25, 0.3) is 12.3 Å². The molecule has 0 atom stereocenters. The van der Waals surface area contributed by atoms with Crippen molar-refractivity contribution in [2.75, 3.05) is 11.9 Å². The van der Waals surface area contributed by atoms with Crippen LogP contribution in [-0.2, 0) is 11.3 Å². The SMILES string of the molecule is CC(C)(C)C(=O)NCc1ccc(Cl)c(C(=O)Nc2cnc(OCC(F)F)c(C(=O)CC3CCC(C(F)(F)F)CC3)c2)c1Cl. The molecule has 7 nitrogen and oxygen atoms in total. The summed E-state index contributed by atoms with van der Waals surface area (Å²) in [6.45, 7) is 4.19. The fourth-order valence-electron chi connectivity index (χ4n) is 4.62. The van der Waals surface area contributed by atoms with E-state index in [1.165, 1.54) is 12.1 Å². The molecule has 0 saturated heterocycles. The molecule has 1 aliphatic rings. The van der Waals surface area contributed by atoms with E-state index in [1.807, 2.05) is 0 Å². The molecule has 1 aromatic carbocycles. The number of carbonyl (C=O) groups is 3. The molecular weight excluding hydrogens is 620 g/mol. The number of pyridine rings is 1. The Morgan fingerprint density at radius 2 is 1.72 bits per heavy atom. The maximum Gasteiger partial charge on any atom is 0.391 e. The van der Waals surface area contributed by atoms with E-state index in [0.717, 1.165) is 6.20 Å². The first kappa shape index (κ1) is 34.5. The number of hydrogen-bond acceptors (Lipinski definition) is 5. The normalized spacial score (nSPS) is 17.5. The molecule has 1 aliphatic carbocycles. The highest BCUT2D eigenvalue weighted by Crippen LogP contribution is 2.41. The summed E-state index contributed by atoms with van der Waals surface area (Å²) in [5.74, 6) is -3.74. The van der Waals surface area contributed by atoms with Crippen LogP contribution in [0.2, 0.25) is 10.0 Å². The second-order valence-electron chi connectivity index (χ2n) is 11.4. The lowest BCUT2D eigenvalue weighted by molar-refractivity contribution is -0.183. The van der Waals surface area contributed by atoms with Gasteiger partial charge in [-0.1, -0.05) is 50.0 Å². The Morgan fingerprint density at radius 1 is 1.07 bits per heavy atom. The topological polar surface area (TPSA) is 97.4 Å². The Kier molecular flexibility index (Phi) is 11.4. The van der Waals surface area contributed by atoms with Gasteiger partial charge >= 0.3 is 6.18 Å². The summed E-state index contributed by atoms with van der Waals surface area (Å²) >= 11 is 12.7. The third-order valence-corrected chi connectivity index (χ3v) is 7.80. The minimum atomic E-state index is -4.30. The van der Waals surface area contributed by atoms with Crippen molar-refractivity contribution >= 4 is 46.5 Å². The first-order valence-corrected chi connectivity index (χ1v) is 14.3. The molecule has 14 heteroatoms. The highest BCUT2D eigenvalue weighted by molar-refractivity contribution is 6.40. The summed E-state index contributed by atoms with van der Waals surface area (Å²) in [5, 5.41) is 5.25. The van der Waals surface area contributed by atoms with E-state index in [0.29, 0.717) is 5.56 Å². The number of alkyl halides is 5. The van der Waals surface area contributed by atoms with Crippen LogP contribution in [0.3, 0.4) is 0 Å².